The highest BCUT2D eigenvalue weighted by molar-refractivity contribution is 6.39. The van der Waals surface area contributed by atoms with Gasteiger partial charge in [0.05, 0.1) is 22.3 Å². The zero-order valence-corrected chi connectivity index (χ0v) is 14.1. The number of fused-ring (bicyclic) bond motifs is 2. The summed E-state index contributed by atoms with van der Waals surface area (Å²) in [5.74, 6) is -0.0802. The van der Waals surface area contributed by atoms with E-state index in [-0.39, 0.29) is 5.91 Å². The highest BCUT2D eigenvalue weighted by Gasteiger charge is 2.35. The molecule has 2 unspecified atom stereocenters. The summed E-state index contributed by atoms with van der Waals surface area (Å²) in [5, 5.41) is 7.37. The number of carbonyl (C=O) groups is 1. The third kappa shape index (κ3) is 3.57. The molecule has 4 nitrogen and oxygen atoms in total. The molecule has 2 aliphatic heterocycles. The number of anilines is 1. The molecule has 2 bridgehead atoms. The molecular weight excluding hydrogens is 321 g/mol. The Hall–Kier alpha value is -0.810. The topological polar surface area (TPSA) is 44.4 Å². The minimum atomic E-state index is -0.0802. The van der Waals surface area contributed by atoms with Crippen LogP contribution in [0.1, 0.15) is 25.7 Å². The molecule has 2 atom stereocenters. The Morgan fingerprint density at radius 3 is 2.45 bits per heavy atom. The molecule has 0 aliphatic carbocycles. The predicted octanol–water partition coefficient (Wildman–Crippen LogP) is 3.15. The van der Waals surface area contributed by atoms with Gasteiger partial charge in [-0.05, 0) is 44.9 Å². The zero-order valence-electron chi connectivity index (χ0n) is 12.6. The summed E-state index contributed by atoms with van der Waals surface area (Å²) >= 11 is 12.2. The van der Waals surface area contributed by atoms with Crippen LogP contribution in [0.2, 0.25) is 10.0 Å². The third-order valence-electron chi connectivity index (χ3n) is 4.69. The molecule has 1 aromatic rings. The Bertz CT molecular complexity index is 534. The summed E-state index contributed by atoms with van der Waals surface area (Å²) in [6.07, 6.45) is 4.76. The zero-order chi connectivity index (χ0) is 15.7. The van der Waals surface area contributed by atoms with Gasteiger partial charge in [-0.2, -0.15) is 0 Å². The van der Waals surface area contributed by atoms with Crippen molar-refractivity contribution >= 4 is 34.8 Å². The molecule has 120 valence electrons. The molecule has 6 heteroatoms. The quantitative estimate of drug-likeness (QED) is 0.884. The average Bonchev–Trinajstić information content (AvgIpc) is 2.81. The van der Waals surface area contributed by atoms with Gasteiger partial charge >= 0.3 is 0 Å². The number of para-hydroxylation sites is 1. The monoisotopic (exact) mass is 341 g/mol. The molecule has 22 heavy (non-hydrogen) atoms. The van der Waals surface area contributed by atoms with Gasteiger partial charge in [-0.3, -0.25) is 9.69 Å². The van der Waals surface area contributed by atoms with Gasteiger partial charge in [-0.15, -0.1) is 0 Å². The van der Waals surface area contributed by atoms with Crippen LogP contribution in [0.15, 0.2) is 18.2 Å². The lowest BCUT2D eigenvalue weighted by molar-refractivity contribution is -0.117. The summed E-state index contributed by atoms with van der Waals surface area (Å²) in [5.41, 5.74) is 0.495. The molecule has 3 rings (SSSR count). The first kappa shape index (κ1) is 16.1. The molecule has 0 saturated carbocycles. The molecule has 2 saturated heterocycles. The summed E-state index contributed by atoms with van der Waals surface area (Å²) in [4.78, 5) is 14.4. The van der Waals surface area contributed by atoms with Crippen LogP contribution in [0.4, 0.5) is 5.69 Å². The Morgan fingerprint density at radius 2 is 1.86 bits per heavy atom. The largest absolute Gasteiger partial charge is 0.322 e. The maximum atomic E-state index is 12.3. The number of nitrogens with one attached hydrogen (secondary N) is 2. The summed E-state index contributed by atoms with van der Waals surface area (Å²) in [7, 11) is 2.02. The number of carbonyl (C=O) groups excluding carboxylic acids is 1. The first-order chi connectivity index (χ1) is 10.5. The lowest BCUT2D eigenvalue weighted by Gasteiger charge is -2.35. The van der Waals surface area contributed by atoms with Gasteiger partial charge in [0, 0.05) is 18.1 Å². The molecule has 2 heterocycles. The molecule has 2 fully saturated rings. The molecule has 2 aliphatic rings. The van der Waals surface area contributed by atoms with Crippen LogP contribution in [-0.4, -0.2) is 42.5 Å². The second-order valence-electron chi connectivity index (χ2n) is 6.32. The number of rotatable bonds is 4. The van der Waals surface area contributed by atoms with Gasteiger partial charge in [-0.25, -0.2) is 0 Å². The number of benzene rings is 1. The van der Waals surface area contributed by atoms with Crippen LogP contribution in [0.3, 0.4) is 0 Å². The van der Waals surface area contributed by atoms with Crippen molar-refractivity contribution in [2.24, 2.45) is 0 Å². The van der Waals surface area contributed by atoms with Crippen LogP contribution in [0, 0.1) is 0 Å². The van der Waals surface area contributed by atoms with E-state index < -0.39 is 0 Å². The van der Waals surface area contributed by atoms with E-state index in [4.69, 9.17) is 23.2 Å². The SMILES string of the molecule is CN(CC(=O)Nc1c(Cl)cccc1Cl)C1CC2CCC(C1)N2. The summed E-state index contributed by atoms with van der Waals surface area (Å²) in [6.45, 7) is 0.353. The number of likely N-dealkylation sites (N-methyl/N-ethyl adjacent to an activating group) is 1. The Kier molecular flexibility index (Phi) is 4.93. The number of amides is 1. The van der Waals surface area contributed by atoms with E-state index in [1.54, 1.807) is 18.2 Å². The maximum absolute atomic E-state index is 12.3. The standard InChI is InChI=1S/C16H21Cl2N3O/c1-21(12-7-10-5-6-11(8-12)19-10)9-15(22)20-16-13(17)3-2-4-14(16)18/h2-4,10-12,19H,5-9H2,1H3,(H,20,22). The van der Waals surface area contributed by atoms with Crippen molar-refractivity contribution in [2.75, 3.05) is 18.9 Å². The van der Waals surface area contributed by atoms with Crippen molar-refractivity contribution in [3.8, 4) is 0 Å². The highest BCUT2D eigenvalue weighted by Crippen LogP contribution is 2.31. The van der Waals surface area contributed by atoms with Gasteiger partial charge in [-0.1, -0.05) is 29.3 Å². The fourth-order valence-electron chi connectivity index (χ4n) is 3.54. The predicted molar refractivity (Wildman–Crippen MR) is 90.7 cm³/mol. The Labute approximate surface area is 141 Å². The number of hydrogen-bond donors (Lipinski definition) is 2. The van der Waals surface area contributed by atoms with Gasteiger partial charge in [0.15, 0.2) is 0 Å². The van der Waals surface area contributed by atoms with Crippen LogP contribution >= 0.6 is 23.2 Å². The minimum absolute atomic E-state index is 0.0802. The maximum Gasteiger partial charge on any atom is 0.238 e. The third-order valence-corrected chi connectivity index (χ3v) is 5.32. The number of piperidine rings is 1. The van der Waals surface area contributed by atoms with E-state index in [0.29, 0.717) is 40.4 Å². The van der Waals surface area contributed by atoms with Crippen molar-refractivity contribution in [3.63, 3.8) is 0 Å². The summed E-state index contributed by atoms with van der Waals surface area (Å²) < 4.78 is 0. The fourth-order valence-corrected chi connectivity index (χ4v) is 4.03. The van der Waals surface area contributed by atoms with Crippen LogP contribution in [0.5, 0.6) is 0 Å². The molecule has 0 aromatic heterocycles. The first-order valence-electron chi connectivity index (χ1n) is 7.73. The first-order valence-corrected chi connectivity index (χ1v) is 8.48. The molecule has 0 spiro atoms. The van der Waals surface area contributed by atoms with Crippen LogP contribution in [0.25, 0.3) is 0 Å². The van der Waals surface area contributed by atoms with Gasteiger partial charge in [0.25, 0.3) is 0 Å². The summed E-state index contributed by atoms with van der Waals surface area (Å²) in [6, 6.07) is 6.90. The van der Waals surface area contributed by atoms with Crippen LogP contribution in [-0.2, 0) is 4.79 Å². The van der Waals surface area contributed by atoms with Crippen LogP contribution < -0.4 is 10.6 Å². The lowest BCUT2D eigenvalue weighted by Crippen LogP contribution is -2.48. The van der Waals surface area contributed by atoms with Gasteiger partial charge < -0.3 is 10.6 Å². The second-order valence-corrected chi connectivity index (χ2v) is 7.14. The molecular formula is C16H21Cl2N3O. The van der Waals surface area contributed by atoms with E-state index in [2.05, 4.69) is 15.5 Å². The van der Waals surface area contributed by atoms with Gasteiger partial charge in [0.2, 0.25) is 5.91 Å². The van der Waals surface area contributed by atoms with E-state index >= 15 is 0 Å². The molecule has 0 radical (unpaired) electrons. The van der Waals surface area contributed by atoms with Crippen molar-refractivity contribution in [1.82, 2.24) is 10.2 Å². The average molecular weight is 342 g/mol. The minimum Gasteiger partial charge on any atom is -0.322 e. The smallest absolute Gasteiger partial charge is 0.238 e. The number of hydrogen-bond acceptors (Lipinski definition) is 3. The Morgan fingerprint density at radius 1 is 1.27 bits per heavy atom. The van der Waals surface area contributed by atoms with E-state index in [9.17, 15) is 4.79 Å². The van der Waals surface area contributed by atoms with Crippen molar-refractivity contribution in [1.29, 1.82) is 0 Å². The normalized spacial score (nSPS) is 27.2. The van der Waals surface area contributed by atoms with Crippen molar-refractivity contribution in [3.05, 3.63) is 28.2 Å². The number of halogens is 2. The number of nitrogens with zero attached hydrogens (tertiary/aromatic N) is 1. The molecule has 2 N–H and O–H groups in total. The van der Waals surface area contributed by atoms with Crippen molar-refractivity contribution < 1.29 is 4.79 Å². The fraction of sp³-hybridized carbons (Fsp3) is 0.562. The highest BCUT2D eigenvalue weighted by atomic mass is 35.5. The Balaban J connectivity index is 1.57. The second kappa shape index (κ2) is 6.75. The van der Waals surface area contributed by atoms with E-state index in [0.717, 1.165) is 12.8 Å². The van der Waals surface area contributed by atoms with E-state index in [1.807, 2.05) is 7.05 Å². The van der Waals surface area contributed by atoms with Crippen molar-refractivity contribution in [2.45, 2.75) is 43.8 Å². The van der Waals surface area contributed by atoms with Gasteiger partial charge in [0.1, 0.15) is 0 Å². The lowest BCUT2D eigenvalue weighted by atomic mass is 9.98. The molecule has 1 amide bonds. The van der Waals surface area contributed by atoms with E-state index in [1.165, 1.54) is 12.8 Å². The molecule has 1 aromatic carbocycles.